The highest BCUT2D eigenvalue weighted by Crippen LogP contribution is 2.36. The molecule has 0 fully saturated rings. The summed E-state index contributed by atoms with van der Waals surface area (Å²) in [5.74, 6) is -1.64. The van der Waals surface area contributed by atoms with Crippen LogP contribution in [-0.2, 0) is 9.53 Å². The van der Waals surface area contributed by atoms with Crippen LogP contribution in [0.2, 0.25) is 5.02 Å². The number of halogens is 2. The van der Waals surface area contributed by atoms with Crippen LogP contribution in [-0.4, -0.2) is 51.7 Å². The SMILES string of the molecule is CC(Oc1cc2onc([C@H](C)C(=O)OCC(N)(CO)CO)c2cc1Cl)c1ccc(F)cn1. The van der Waals surface area contributed by atoms with Gasteiger partial charge in [-0.2, -0.15) is 0 Å². The van der Waals surface area contributed by atoms with Crippen LogP contribution in [0.5, 0.6) is 5.75 Å². The molecule has 2 heterocycles. The Hall–Kier alpha value is -2.79. The molecule has 0 saturated carbocycles. The zero-order valence-corrected chi connectivity index (χ0v) is 18.2. The third kappa shape index (κ3) is 5.16. The fraction of sp³-hybridized carbons (Fsp3) is 0.381. The van der Waals surface area contributed by atoms with Gasteiger partial charge in [0.25, 0.3) is 0 Å². The van der Waals surface area contributed by atoms with Gasteiger partial charge in [0.05, 0.1) is 35.7 Å². The lowest BCUT2D eigenvalue weighted by Gasteiger charge is -2.24. The van der Waals surface area contributed by atoms with E-state index >= 15 is 0 Å². The Morgan fingerprint density at radius 1 is 1.31 bits per heavy atom. The summed E-state index contributed by atoms with van der Waals surface area (Å²) in [5, 5.41) is 23.1. The predicted octanol–water partition coefficient (Wildman–Crippen LogP) is 2.48. The van der Waals surface area contributed by atoms with E-state index in [0.29, 0.717) is 28.1 Å². The van der Waals surface area contributed by atoms with E-state index in [2.05, 4.69) is 10.1 Å². The van der Waals surface area contributed by atoms with Crippen molar-refractivity contribution in [1.82, 2.24) is 10.1 Å². The highest BCUT2D eigenvalue weighted by atomic mass is 35.5. The first-order valence-electron chi connectivity index (χ1n) is 9.71. The molecule has 11 heteroatoms. The van der Waals surface area contributed by atoms with Gasteiger partial charge in [-0.05, 0) is 32.0 Å². The molecule has 4 N–H and O–H groups in total. The van der Waals surface area contributed by atoms with E-state index in [0.717, 1.165) is 6.20 Å². The maximum absolute atomic E-state index is 13.1. The van der Waals surface area contributed by atoms with Crippen molar-refractivity contribution in [2.45, 2.75) is 31.4 Å². The van der Waals surface area contributed by atoms with Gasteiger partial charge in [0.15, 0.2) is 5.58 Å². The minimum Gasteiger partial charge on any atom is -0.483 e. The number of hydrogen-bond donors (Lipinski definition) is 3. The molecule has 3 aromatic rings. The van der Waals surface area contributed by atoms with Crippen molar-refractivity contribution in [3.63, 3.8) is 0 Å². The van der Waals surface area contributed by atoms with E-state index in [1.165, 1.54) is 18.2 Å². The van der Waals surface area contributed by atoms with Crippen molar-refractivity contribution < 1.29 is 33.4 Å². The molecule has 0 aliphatic heterocycles. The lowest BCUT2D eigenvalue weighted by Crippen LogP contribution is -2.52. The normalized spacial score (nSPS) is 13.7. The Morgan fingerprint density at radius 2 is 2.03 bits per heavy atom. The first-order chi connectivity index (χ1) is 15.2. The standard InChI is InChI=1S/C21H23ClFN3O6/c1-11(20(29)30-10-21(24,8-27)9-28)19-14-5-15(22)18(6-17(14)32-26-19)31-12(2)16-4-3-13(23)7-25-16/h3-7,11-12,27-28H,8-10,24H2,1-2H3/t11-,12?/m0/s1. The third-order valence-electron chi connectivity index (χ3n) is 4.92. The van der Waals surface area contributed by atoms with Crippen LogP contribution in [0.25, 0.3) is 11.0 Å². The Balaban J connectivity index is 1.77. The minimum absolute atomic E-state index is 0.248. The van der Waals surface area contributed by atoms with Crippen LogP contribution in [0.15, 0.2) is 35.0 Å². The van der Waals surface area contributed by atoms with E-state index in [9.17, 15) is 19.4 Å². The summed E-state index contributed by atoms with van der Waals surface area (Å²) >= 11 is 6.37. The second-order valence-corrected chi connectivity index (χ2v) is 7.92. The number of esters is 1. The zero-order chi connectivity index (χ0) is 23.5. The summed E-state index contributed by atoms with van der Waals surface area (Å²) in [6.45, 7) is 1.83. The van der Waals surface area contributed by atoms with Crippen molar-refractivity contribution in [2.75, 3.05) is 19.8 Å². The summed E-state index contributed by atoms with van der Waals surface area (Å²) in [7, 11) is 0. The fourth-order valence-corrected chi connectivity index (χ4v) is 3.04. The van der Waals surface area contributed by atoms with Gasteiger partial charge in [-0.1, -0.05) is 16.8 Å². The molecule has 1 aromatic carbocycles. The van der Waals surface area contributed by atoms with E-state index < -0.39 is 42.6 Å². The maximum atomic E-state index is 13.1. The molecule has 172 valence electrons. The molecule has 9 nitrogen and oxygen atoms in total. The molecule has 1 unspecified atom stereocenters. The topological polar surface area (TPSA) is 141 Å². The minimum atomic E-state index is -1.44. The van der Waals surface area contributed by atoms with E-state index in [4.69, 9.17) is 31.3 Å². The number of carbonyl (C=O) groups is 1. The molecule has 2 aromatic heterocycles. The van der Waals surface area contributed by atoms with E-state index in [1.807, 2.05) is 0 Å². The number of ether oxygens (including phenoxy) is 2. The van der Waals surface area contributed by atoms with Gasteiger partial charge in [0.1, 0.15) is 35.9 Å². The molecule has 0 aliphatic carbocycles. The molecule has 3 rings (SSSR count). The number of fused-ring (bicyclic) bond motifs is 1. The van der Waals surface area contributed by atoms with Crippen LogP contribution >= 0.6 is 11.6 Å². The molecule has 2 atom stereocenters. The highest BCUT2D eigenvalue weighted by Gasteiger charge is 2.29. The van der Waals surface area contributed by atoms with Gasteiger partial charge < -0.3 is 29.9 Å². The van der Waals surface area contributed by atoms with Gasteiger partial charge in [-0.25, -0.2) is 4.39 Å². The Bertz CT molecular complexity index is 1090. The molecule has 32 heavy (non-hydrogen) atoms. The molecule has 0 saturated heterocycles. The molecule has 0 bridgehead atoms. The summed E-state index contributed by atoms with van der Waals surface area (Å²) in [4.78, 5) is 16.4. The van der Waals surface area contributed by atoms with Gasteiger partial charge in [-0.3, -0.25) is 9.78 Å². The molecule has 0 amide bonds. The lowest BCUT2D eigenvalue weighted by atomic mass is 10.0. The molecule has 0 aliphatic rings. The van der Waals surface area contributed by atoms with Gasteiger partial charge in [0, 0.05) is 11.5 Å². The van der Waals surface area contributed by atoms with Crippen LogP contribution in [0.3, 0.4) is 0 Å². The van der Waals surface area contributed by atoms with Crippen molar-refractivity contribution in [3.8, 4) is 5.75 Å². The van der Waals surface area contributed by atoms with E-state index in [-0.39, 0.29) is 11.6 Å². The van der Waals surface area contributed by atoms with Crippen molar-refractivity contribution in [3.05, 3.63) is 52.7 Å². The molecular formula is C21H23ClFN3O6. The van der Waals surface area contributed by atoms with Crippen LogP contribution in [0.1, 0.15) is 37.3 Å². The summed E-state index contributed by atoms with van der Waals surface area (Å²) in [6.07, 6.45) is 0.579. The largest absolute Gasteiger partial charge is 0.483 e. The van der Waals surface area contributed by atoms with Crippen LogP contribution in [0, 0.1) is 5.82 Å². The quantitative estimate of drug-likeness (QED) is 0.404. The smallest absolute Gasteiger partial charge is 0.314 e. The first-order valence-corrected chi connectivity index (χ1v) is 10.1. The number of nitrogens with two attached hydrogens (primary N) is 1. The summed E-state index contributed by atoms with van der Waals surface area (Å²) in [6, 6.07) is 5.89. The average Bonchev–Trinajstić information content (AvgIpc) is 3.19. The molecular weight excluding hydrogens is 445 g/mol. The monoisotopic (exact) mass is 467 g/mol. The zero-order valence-electron chi connectivity index (χ0n) is 17.4. The van der Waals surface area contributed by atoms with Crippen molar-refractivity contribution in [1.29, 1.82) is 0 Å². The number of aromatic nitrogens is 2. The fourth-order valence-electron chi connectivity index (χ4n) is 2.83. The van der Waals surface area contributed by atoms with Crippen molar-refractivity contribution >= 4 is 28.5 Å². The maximum Gasteiger partial charge on any atom is 0.314 e. The number of nitrogens with zero attached hydrogens (tertiary/aromatic N) is 2. The second kappa shape index (κ2) is 9.78. The van der Waals surface area contributed by atoms with Gasteiger partial charge in [0.2, 0.25) is 0 Å². The summed E-state index contributed by atoms with van der Waals surface area (Å²) < 4.78 is 29.4. The number of aliphatic hydroxyl groups is 2. The first kappa shape index (κ1) is 23.9. The number of carbonyl (C=O) groups excluding carboxylic acids is 1. The second-order valence-electron chi connectivity index (χ2n) is 7.52. The summed E-state index contributed by atoms with van der Waals surface area (Å²) in [5.41, 5.74) is 5.41. The third-order valence-corrected chi connectivity index (χ3v) is 5.21. The number of pyridine rings is 1. The highest BCUT2D eigenvalue weighted by molar-refractivity contribution is 6.32. The molecule has 0 spiro atoms. The predicted molar refractivity (Wildman–Crippen MR) is 113 cm³/mol. The van der Waals surface area contributed by atoms with Crippen molar-refractivity contribution in [2.24, 2.45) is 5.73 Å². The number of benzene rings is 1. The van der Waals surface area contributed by atoms with Crippen LogP contribution < -0.4 is 10.5 Å². The lowest BCUT2D eigenvalue weighted by molar-refractivity contribution is -0.148. The van der Waals surface area contributed by atoms with Gasteiger partial charge >= 0.3 is 5.97 Å². The van der Waals surface area contributed by atoms with Gasteiger partial charge in [-0.15, -0.1) is 0 Å². The Kier molecular flexibility index (Phi) is 7.29. The van der Waals surface area contributed by atoms with E-state index in [1.54, 1.807) is 19.9 Å². The number of hydrogen-bond acceptors (Lipinski definition) is 9. The molecule has 0 radical (unpaired) electrons. The number of aliphatic hydroxyl groups excluding tert-OH is 2. The Morgan fingerprint density at radius 3 is 2.66 bits per heavy atom. The Labute approximate surface area is 187 Å². The van der Waals surface area contributed by atoms with Crippen LogP contribution in [0.4, 0.5) is 4.39 Å². The average molecular weight is 468 g/mol. The number of rotatable bonds is 9.